The van der Waals surface area contributed by atoms with Crippen molar-refractivity contribution in [3.63, 3.8) is 0 Å². The number of aryl methyl sites for hydroxylation is 1. The summed E-state index contributed by atoms with van der Waals surface area (Å²) in [5, 5.41) is 7.13. The molecule has 2 N–H and O–H groups in total. The molecule has 0 bridgehead atoms. The average molecular weight is 542 g/mol. The molecule has 2 amide bonds. The number of nitrogens with zero attached hydrogens (tertiary/aromatic N) is 1. The number of nitrogens with one attached hydrogen (secondary N) is 2. The fraction of sp³-hybridized carbons (Fsp3) is 0.0667. The molecule has 0 fully saturated rings. The van der Waals surface area contributed by atoms with Crippen LogP contribution < -0.4 is 20.2 Å². The normalized spacial score (nSPS) is 10.6. The molecule has 0 aliphatic carbocycles. The maximum atomic E-state index is 12.8. The van der Waals surface area contributed by atoms with E-state index in [-0.39, 0.29) is 11.1 Å². The van der Waals surface area contributed by atoms with Gasteiger partial charge < -0.3 is 14.8 Å². The standard InChI is InChI=1S/C30H24ClN3O5/c1-19-10-12-20(13-11-19)30(37)39-26-9-4-3-6-22(26)18-32-34-28(35)21-7-5-8-24(16-21)33-29(36)25-17-23(31)14-15-27(25)38-2/h3-18H,1-2H3,(H,33,36)(H,34,35). The summed E-state index contributed by atoms with van der Waals surface area (Å²) in [7, 11) is 1.46. The van der Waals surface area contributed by atoms with Crippen LogP contribution in [-0.2, 0) is 0 Å². The molecule has 0 heterocycles. The maximum Gasteiger partial charge on any atom is 0.343 e. The zero-order valence-corrected chi connectivity index (χ0v) is 21.9. The van der Waals surface area contributed by atoms with E-state index in [1.165, 1.54) is 25.5 Å². The van der Waals surface area contributed by atoms with Gasteiger partial charge in [0.15, 0.2) is 0 Å². The van der Waals surface area contributed by atoms with E-state index >= 15 is 0 Å². The Morgan fingerprint density at radius 2 is 1.59 bits per heavy atom. The number of rotatable bonds is 8. The zero-order chi connectivity index (χ0) is 27.8. The number of para-hydroxylation sites is 1. The van der Waals surface area contributed by atoms with E-state index in [0.717, 1.165) is 5.56 Å². The second-order valence-corrected chi connectivity index (χ2v) is 8.81. The number of ether oxygens (including phenoxy) is 2. The summed E-state index contributed by atoms with van der Waals surface area (Å²) in [6.45, 7) is 1.93. The minimum atomic E-state index is -0.505. The molecule has 0 saturated heterocycles. The van der Waals surface area contributed by atoms with Crippen LogP contribution in [0.25, 0.3) is 0 Å². The number of halogens is 1. The maximum absolute atomic E-state index is 12.8. The highest BCUT2D eigenvalue weighted by Gasteiger charge is 2.15. The van der Waals surface area contributed by atoms with Gasteiger partial charge in [-0.3, -0.25) is 9.59 Å². The fourth-order valence-electron chi connectivity index (χ4n) is 3.55. The number of carbonyl (C=O) groups is 3. The van der Waals surface area contributed by atoms with Gasteiger partial charge in [0.25, 0.3) is 11.8 Å². The van der Waals surface area contributed by atoms with E-state index in [1.54, 1.807) is 66.7 Å². The lowest BCUT2D eigenvalue weighted by Gasteiger charge is -2.10. The number of amides is 2. The number of benzene rings is 4. The van der Waals surface area contributed by atoms with Crippen molar-refractivity contribution in [3.8, 4) is 11.5 Å². The van der Waals surface area contributed by atoms with E-state index in [2.05, 4.69) is 15.8 Å². The summed E-state index contributed by atoms with van der Waals surface area (Å²) in [5.41, 5.74) is 5.31. The predicted molar refractivity (Wildman–Crippen MR) is 150 cm³/mol. The molecule has 4 rings (SSSR count). The molecule has 4 aromatic carbocycles. The Morgan fingerprint density at radius 1 is 0.821 bits per heavy atom. The second-order valence-electron chi connectivity index (χ2n) is 8.37. The van der Waals surface area contributed by atoms with Gasteiger partial charge in [0, 0.05) is 21.8 Å². The quantitative estimate of drug-likeness (QED) is 0.125. The number of methoxy groups -OCH3 is 1. The Kier molecular flexibility index (Phi) is 8.71. The summed E-state index contributed by atoms with van der Waals surface area (Å²) in [6.07, 6.45) is 1.38. The van der Waals surface area contributed by atoms with Crippen molar-refractivity contribution in [1.29, 1.82) is 0 Å². The first-order valence-corrected chi connectivity index (χ1v) is 12.2. The van der Waals surface area contributed by atoms with Crippen LogP contribution in [0.3, 0.4) is 0 Å². The third kappa shape index (κ3) is 7.09. The topological polar surface area (TPSA) is 106 Å². The molecule has 0 radical (unpaired) electrons. The van der Waals surface area contributed by atoms with Crippen LogP contribution in [0.1, 0.15) is 42.2 Å². The Hall–Kier alpha value is -4.95. The van der Waals surface area contributed by atoms with Crippen molar-refractivity contribution >= 4 is 41.3 Å². The minimum Gasteiger partial charge on any atom is -0.496 e. The summed E-state index contributed by atoms with van der Waals surface area (Å²) in [6, 6.07) is 24.9. The highest BCUT2D eigenvalue weighted by molar-refractivity contribution is 6.31. The van der Waals surface area contributed by atoms with Crippen molar-refractivity contribution in [2.75, 3.05) is 12.4 Å². The molecule has 0 saturated carbocycles. The summed E-state index contributed by atoms with van der Waals surface area (Å²) < 4.78 is 10.8. The third-order valence-corrected chi connectivity index (χ3v) is 5.80. The van der Waals surface area contributed by atoms with Crippen LogP contribution in [0.5, 0.6) is 11.5 Å². The van der Waals surface area contributed by atoms with Crippen LogP contribution in [0.4, 0.5) is 5.69 Å². The monoisotopic (exact) mass is 541 g/mol. The highest BCUT2D eigenvalue weighted by atomic mass is 35.5. The number of esters is 1. The van der Waals surface area contributed by atoms with Crippen molar-refractivity contribution in [3.05, 3.63) is 124 Å². The Bertz CT molecular complexity index is 1550. The van der Waals surface area contributed by atoms with Crippen LogP contribution >= 0.6 is 11.6 Å². The highest BCUT2D eigenvalue weighted by Crippen LogP contribution is 2.24. The molecule has 4 aromatic rings. The average Bonchev–Trinajstić information content (AvgIpc) is 2.94. The second kappa shape index (κ2) is 12.5. The Balaban J connectivity index is 1.41. The molecule has 8 nitrogen and oxygen atoms in total. The first-order chi connectivity index (χ1) is 18.8. The van der Waals surface area contributed by atoms with Gasteiger partial charge in [0.2, 0.25) is 0 Å². The lowest BCUT2D eigenvalue weighted by molar-refractivity contribution is 0.0734. The van der Waals surface area contributed by atoms with Crippen molar-refractivity contribution in [1.82, 2.24) is 5.43 Å². The number of carbonyl (C=O) groups excluding carboxylic acids is 3. The molecular formula is C30H24ClN3O5. The van der Waals surface area contributed by atoms with E-state index in [0.29, 0.717) is 33.3 Å². The van der Waals surface area contributed by atoms with Gasteiger partial charge in [-0.05, 0) is 67.6 Å². The van der Waals surface area contributed by atoms with Gasteiger partial charge in [-0.2, -0.15) is 5.10 Å². The smallest absolute Gasteiger partial charge is 0.343 e. The molecule has 9 heteroatoms. The van der Waals surface area contributed by atoms with E-state index in [1.807, 2.05) is 19.1 Å². The van der Waals surface area contributed by atoms with E-state index in [4.69, 9.17) is 21.1 Å². The minimum absolute atomic E-state index is 0.256. The van der Waals surface area contributed by atoms with Gasteiger partial charge >= 0.3 is 5.97 Å². The summed E-state index contributed by atoms with van der Waals surface area (Å²) >= 11 is 6.02. The molecule has 0 spiro atoms. The Labute approximate surface area is 230 Å². The first-order valence-electron chi connectivity index (χ1n) is 11.8. The fourth-order valence-corrected chi connectivity index (χ4v) is 3.72. The predicted octanol–water partition coefficient (Wildman–Crippen LogP) is 5.89. The number of hydrazone groups is 1. The molecule has 0 unspecified atom stereocenters. The van der Waals surface area contributed by atoms with Gasteiger partial charge in [-0.1, -0.05) is 47.5 Å². The lowest BCUT2D eigenvalue weighted by Crippen LogP contribution is -2.18. The van der Waals surface area contributed by atoms with Crippen molar-refractivity contribution < 1.29 is 23.9 Å². The molecule has 39 heavy (non-hydrogen) atoms. The summed E-state index contributed by atoms with van der Waals surface area (Å²) in [4.78, 5) is 38.0. The molecule has 0 aliphatic heterocycles. The van der Waals surface area contributed by atoms with Crippen LogP contribution in [-0.4, -0.2) is 31.1 Å². The van der Waals surface area contributed by atoms with E-state index in [9.17, 15) is 14.4 Å². The Morgan fingerprint density at radius 3 is 2.36 bits per heavy atom. The van der Waals surface area contributed by atoms with Crippen molar-refractivity contribution in [2.45, 2.75) is 6.92 Å². The SMILES string of the molecule is COc1ccc(Cl)cc1C(=O)Nc1cccc(C(=O)NN=Cc2ccccc2OC(=O)c2ccc(C)cc2)c1. The molecule has 0 aromatic heterocycles. The zero-order valence-electron chi connectivity index (χ0n) is 21.1. The number of hydrogen-bond donors (Lipinski definition) is 2. The van der Waals surface area contributed by atoms with Gasteiger partial charge in [-0.15, -0.1) is 0 Å². The molecule has 196 valence electrons. The molecule has 0 atom stereocenters. The van der Waals surface area contributed by atoms with Crippen LogP contribution in [0.15, 0.2) is 96.1 Å². The van der Waals surface area contributed by atoms with Gasteiger partial charge in [0.05, 0.1) is 24.5 Å². The van der Waals surface area contributed by atoms with Crippen LogP contribution in [0, 0.1) is 6.92 Å². The lowest BCUT2D eigenvalue weighted by atomic mass is 10.1. The molecular weight excluding hydrogens is 518 g/mol. The first kappa shape index (κ1) is 27.1. The van der Waals surface area contributed by atoms with Crippen molar-refractivity contribution in [2.24, 2.45) is 5.10 Å². The van der Waals surface area contributed by atoms with Crippen LogP contribution in [0.2, 0.25) is 5.02 Å². The van der Waals surface area contributed by atoms with E-state index < -0.39 is 17.8 Å². The van der Waals surface area contributed by atoms with Gasteiger partial charge in [0.1, 0.15) is 11.5 Å². The molecule has 0 aliphatic rings. The summed E-state index contributed by atoms with van der Waals surface area (Å²) in [5.74, 6) is -0.792. The number of anilines is 1. The number of hydrogen-bond acceptors (Lipinski definition) is 6. The third-order valence-electron chi connectivity index (χ3n) is 5.57. The van der Waals surface area contributed by atoms with Gasteiger partial charge in [-0.25, -0.2) is 10.2 Å². The largest absolute Gasteiger partial charge is 0.496 e.